The summed E-state index contributed by atoms with van der Waals surface area (Å²) in [7, 11) is 1.51. The van der Waals surface area contributed by atoms with Gasteiger partial charge in [-0.1, -0.05) is 58.5 Å². The standard InChI is InChI=1S/C25H14Cl4N2O6/c1-35-12-4-2-3-11(8-12)30-21(10-5-6-13-14(7-10)37-9-36-13)22(25(30)34)31-23(32)15-16(24(31)33)18(27)20(29)19(28)17(15)26/h2-8,21-22H,9H2,1H3/t21-,22+/m0/s1. The van der Waals surface area contributed by atoms with E-state index in [1.807, 2.05) is 0 Å². The molecule has 0 bridgehead atoms. The van der Waals surface area contributed by atoms with Gasteiger partial charge in [-0.15, -0.1) is 0 Å². The van der Waals surface area contributed by atoms with Crippen LogP contribution in [-0.4, -0.2) is 42.6 Å². The fourth-order valence-corrected chi connectivity index (χ4v) is 5.84. The number of anilines is 1. The molecule has 3 aromatic carbocycles. The third-order valence-corrected chi connectivity index (χ3v) is 8.35. The molecule has 0 aliphatic carbocycles. The minimum absolute atomic E-state index is 0.0579. The molecule has 1 saturated heterocycles. The number of hydrogen-bond donors (Lipinski definition) is 0. The minimum Gasteiger partial charge on any atom is -0.497 e. The number of methoxy groups -OCH3 is 1. The first kappa shape index (κ1) is 24.2. The summed E-state index contributed by atoms with van der Waals surface area (Å²) in [5.41, 5.74) is 0.745. The Morgan fingerprint density at radius 3 is 2.08 bits per heavy atom. The fourth-order valence-electron chi connectivity index (χ4n) is 4.82. The van der Waals surface area contributed by atoms with Gasteiger partial charge in [0.15, 0.2) is 11.5 Å². The van der Waals surface area contributed by atoms with E-state index >= 15 is 0 Å². The first-order valence-electron chi connectivity index (χ1n) is 10.8. The summed E-state index contributed by atoms with van der Waals surface area (Å²) in [4.78, 5) is 43.1. The van der Waals surface area contributed by atoms with Crippen LogP contribution in [-0.2, 0) is 4.79 Å². The molecule has 8 nitrogen and oxygen atoms in total. The van der Waals surface area contributed by atoms with Gasteiger partial charge in [-0.05, 0) is 29.8 Å². The molecule has 1 fully saturated rings. The van der Waals surface area contributed by atoms with Gasteiger partial charge in [0.05, 0.1) is 44.4 Å². The van der Waals surface area contributed by atoms with Crippen molar-refractivity contribution in [3.8, 4) is 17.2 Å². The molecule has 0 aromatic heterocycles. The minimum atomic E-state index is -1.20. The number of β-lactam (4-membered cyclic amide) rings is 1. The summed E-state index contributed by atoms with van der Waals surface area (Å²) in [6.07, 6.45) is 0. The van der Waals surface area contributed by atoms with E-state index < -0.39 is 29.8 Å². The summed E-state index contributed by atoms with van der Waals surface area (Å²) in [6, 6.07) is 10.1. The van der Waals surface area contributed by atoms with Gasteiger partial charge >= 0.3 is 0 Å². The molecule has 0 radical (unpaired) electrons. The van der Waals surface area contributed by atoms with Crippen molar-refractivity contribution in [2.75, 3.05) is 18.8 Å². The van der Waals surface area contributed by atoms with E-state index in [0.717, 1.165) is 4.90 Å². The zero-order valence-electron chi connectivity index (χ0n) is 18.8. The normalized spacial score (nSPS) is 19.9. The van der Waals surface area contributed by atoms with E-state index in [-0.39, 0.29) is 38.0 Å². The van der Waals surface area contributed by atoms with Crippen LogP contribution in [0.1, 0.15) is 32.3 Å². The Morgan fingerprint density at radius 1 is 0.784 bits per heavy atom. The van der Waals surface area contributed by atoms with Crippen molar-refractivity contribution in [1.82, 2.24) is 4.90 Å². The topological polar surface area (TPSA) is 85.4 Å². The quantitative estimate of drug-likeness (QED) is 0.168. The third kappa shape index (κ3) is 3.40. The van der Waals surface area contributed by atoms with Crippen LogP contribution in [0.25, 0.3) is 0 Å². The van der Waals surface area contributed by atoms with Gasteiger partial charge < -0.3 is 19.1 Å². The van der Waals surface area contributed by atoms with Gasteiger partial charge in [-0.25, -0.2) is 0 Å². The van der Waals surface area contributed by atoms with Crippen LogP contribution in [0.2, 0.25) is 20.1 Å². The Morgan fingerprint density at radius 2 is 1.43 bits per heavy atom. The maximum absolute atomic E-state index is 13.7. The van der Waals surface area contributed by atoms with Gasteiger partial charge in [0.2, 0.25) is 6.79 Å². The van der Waals surface area contributed by atoms with Crippen LogP contribution < -0.4 is 19.1 Å². The highest BCUT2D eigenvalue weighted by Gasteiger charge is 2.58. The van der Waals surface area contributed by atoms with Crippen LogP contribution in [0, 0.1) is 0 Å². The van der Waals surface area contributed by atoms with Crippen molar-refractivity contribution < 1.29 is 28.6 Å². The van der Waals surface area contributed by atoms with Gasteiger partial charge in [0.25, 0.3) is 17.7 Å². The molecule has 0 N–H and O–H groups in total. The smallest absolute Gasteiger partial charge is 0.264 e. The van der Waals surface area contributed by atoms with Crippen molar-refractivity contribution >= 4 is 69.8 Å². The van der Waals surface area contributed by atoms with E-state index in [0.29, 0.717) is 28.5 Å². The third-order valence-electron chi connectivity index (χ3n) is 6.55. The van der Waals surface area contributed by atoms with E-state index in [2.05, 4.69) is 0 Å². The lowest BCUT2D eigenvalue weighted by atomic mass is 9.86. The van der Waals surface area contributed by atoms with Crippen molar-refractivity contribution in [3.63, 3.8) is 0 Å². The molecule has 3 heterocycles. The summed E-state index contributed by atoms with van der Waals surface area (Å²) in [6.45, 7) is 0.0579. The van der Waals surface area contributed by atoms with Crippen LogP contribution in [0.15, 0.2) is 42.5 Å². The molecule has 3 aliphatic heterocycles. The highest BCUT2D eigenvalue weighted by Crippen LogP contribution is 2.50. The predicted molar refractivity (Wildman–Crippen MR) is 137 cm³/mol. The molecular formula is C25H14Cl4N2O6. The van der Waals surface area contributed by atoms with Crippen molar-refractivity contribution in [3.05, 3.63) is 79.2 Å². The second-order valence-electron chi connectivity index (χ2n) is 8.40. The van der Waals surface area contributed by atoms with Gasteiger partial charge in [0, 0.05) is 11.8 Å². The number of carbonyl (C=O) groups excluding carboxylic acids is 3. The Labute approximate surface area is 230 Å². The maximum atomic E-state index is 13.7. The lowest BCUT2D eigenvalue weighted by Crippen LogP contribution is -2.67. The predicted octanol–water partition coefficient (Wildman–Crippen LogP) is 5.79. The summed E-state index contributed by atoms with van der Waals surface area (Å²) in [5, 5.41) is -0.716. The van der Waals surface area contributed by atoms with Crippen molar-refractivity contribution in [1.29, 1.82) is 0 Å². The Bertz CT molecular complexity index is 1500. The SMILES string of the molecule is COc1cccc(N2C(=O)[C@H](N3C(=O)c4c(Cl)c(Cl)c(Cl)c(Cl)c4C3=O)[C@@H]2c2ccc3c(c2)OCO3)c1. The first-order chi connectivity index (χ1) is 17.7. The number of hydrogen-bond acceptors (Lipinski definition) is 6. The van der Waals surface area contributed by atoms with Crippen LogP contribution in [0.5, 0.6) is 17.2 Å². The Kier molecular flexibility index (Phi) is 5.69. The van der Waals surface area contributed by atoms with E-state index in [9.17, 15) is 14.4 Å². The molecule has 3 aromatic rings. The molecule has 0 saturated carbocycles. The number of ether oxygens (including phenoxy) is 3. The van der Waals surface area contributed by atoms with E-state index in [1.165, 1.54) is 12.0 Å². The van der Waals surface area contributed by atoms with Gasteiger partial charge in [-0.3, -0.25) is 19.3 Å². The van der Waals surface area contributed by atoms with Gasteiger partial charge in [-0.2, -0.15) is 0 Å². The molecule has 3 aliphatic rings. The first-order valence-corrected chi connectivity index (χ1v) is 12.4. The zero-order chi connectivity index (χ0) is 26.2. The molecule has 12 heteroatoms. The van der Waals surface area contributed by atoms with E-state index in [1.54, 1.807) is 42.5 Å². The molecule has 2 atom stereocenters. The molecule has 6 rings (SSSR count). The fraction of sp³-hybridized carbons (Fsp3) is 0.160. The molecule has 0 spiro atoms. The molecule has 37 heavy (non-hydrogen) atoms. The number of nitrogens with zero attached hydrogens (tertiary/aromatic N) is 2. The number of imide groups is 1. The zero-order valence-corrected chi connectivity index (χ0v) is 21.8. The Balaban J connectivity index is 1.48. The number of benzene rings is 3. The summed E-state index contributed by atoms with van der Waals surface area (Å²) < 4.78 is 16.2. The van der Waals surface area contributed by atoms with Crippen molar-refractivity contribution in [2.45, 2.75) is 12.1 Å². The lowest BCUT2D eigenvalue weighted by Gasteiger charge is -2.49. The average Bonchev–Trinajstić information content (AvgIpc) is 3.47. The highest BCUT2D eigenvalue weighted by molar-refractivity contribution is 6.55. The summed E-state index contributed by atoms with van der Waals surface area (Å²) >= 11 is 24.9. The second-order valence-corrected chi connectivity index (χ2v) is 9.91. The largest absolute Gasteiger partial charge is 0.497 e. The molecular weight excluding hydrogens is 566 g/mol. The maximum Gasteiger partial charge on any atom is 0.264 e. The van der Waals surface area contributed by atoms with Crippen LogP contribution in [0.4, 0.5) is 5.69 Å². The second kappa shape index (κ2) is 8.70. The molecule has 0 unspecified atom stereocenters. The number of fused-ring (bicyclic) bond motifs is 2. The van der Waals surface area contributed by atoms with Crippen LogP contribution >= 0.6 is 46.4 Å². The monoisotopic (exact) mass is 578 g/mol. The highest BCUT2D eigenvalue weighted by atomic mass is 35.5. The Hall–Kier alpha value is -3.17. The average molecular weight is 580 g/mol. The van der Waals surface area contributed by atoms with Gasteiger partial charge in [0.1, 0.15) is 11.8 Å². The number of rotatable bonds is 4. The number of carbonyl (C=O) groups is 3. The van der Waals surface area contributed by atoms with Crippen molar-refractivity contribution in [2.24, 2.45) is 0 Å². The van der Waals surface area contributed by atoms with E-state index in [4.69, 9.17) is 60.6 Å². The number of halogens is 4. The molecule has 188 valence electrons. The number of amides is 3. The van der Waals surface area contributed by atoms with Crippen LogP contribution in [0.3, 0.4) is 0 Å². The molecule has 3 amide bonds. The summed E-state index contributed by atoms with van der Waals surface area (Å²) in [5.74, 6) is -0.521. The lowest BCUT2D eigenvalue weighted by molar-refractivity contribution is -0.130.